The first kappa shape index (κ1) is 29.8. The number of carbonyl (C=O) groups is 6. The van der Waals surface area contributed by atoms with Crippen LogP contribution in [0.15, 0.2) is 30.5 Å². The lowest BCUT2D eigenvalue weighted by atomic mass is 10.0. The van der Waals surface area contributed by atoms with Gasteiger partial charge in [0.1, 0.15) is 18.1 Å². The van der Waals surface area contributed by atoms with Crippen molar-refractivity contribution in [3.63, 3.8) is 0 Å². The van der Waals surface area contributed by atoms with E-state index in [0.717, 1.165) is 10.9 Å². The van der Waals surface area contributed by atoms with E-state index >= 15 is 0 Å². The lowest BCUT2D eigenvalue weighted by Crippen LogP contribution is -2.58. The molecular formula is C24H32N6O8. The zero-order valence-corrected chi connectivity index (χ0v) is 20.9. The molecular weight excluding hydrogens is 500 g/mol. The highest BCUT2D eigenvalue weighted by atomic mass is 16.4. The molecule has 4 amide bonds. The zero-order valence-electron chi connectivity index (χ0n) is 20.9. The summed E-state index contributed by atoms with van der Waals surface area (Å²) in [6, 6.07) is 1.38. The summed E-state index contributed by atoms with van der Waals surface area (Å²) in [5.41, 5.74) is 12.3. The Balaban J connectivity index is 2.20. The summed E-state index contributed by atoms with van der Waals surface area (Å²) in [5.74, 6) is -7.02. The van der Waals surface area contributed by atoms with Crippen LogP contribution in [0, 0.1) is 5.92 Å². The fourth-order valence-corrected chi connectivity index (χ4v) is 3.63. The molecule has 4 unspecified atom stereocenters. The molecule has 2 rings (SSSR count). The van der Waals surface area contributed by atoms with Crippen molar-refractivity contribution < 1.29 is 39.0 Å². The number of aromatic amines is 1. The molecule has 0 fully saturated rings. The number of primary amides is 1. The van der Waals surface area contributed by atoms with E-state index in [1.807, 2.05) is 0 Å². The number of benzene rings is 1. The smallest absolute Gasteiger partial charge is 0.326 e. The molecule has 0 saturated heterocycles. The highest BCUT2D eigenvalue weighted by molar-refractivity contribution is 5.97. The maximum atomic E-state index is 12.9. The second-order valence-electron chi connectivity index (χ2n) is 9.12. The van der Waals surface area contributed by atoms with Crippen LogP contribution in [-0.4, -0.2) is 74.9 Å². The Morgan fingerprint density at radius 1 is 0.868 bits per heavy atom. The molecule has 4 atom stereocenters. The quantitative estimate of drug-likeness (QED) is 0.142. The van der Waals surface area contributed by atoms with Crippen LogP contribution < -0.4 is 27.4 Å². The molecule has 0 radical (unpaired) electrons. The Morgan fingerprint density at radius 3 is 1.97 bits per heavy atom. The average Bonchev–Trinajstić information content (AvgIpc) is 3.24. The molecule has 14 nitrogen and oxygen atoms in total. The first-order chi connectivity index (χ1) is 17.8. The summed E-state index contributed by atoms with van der Waals surface area (Å²) < 4.78 is 0. The van der Waals surface area contributed by atoms with E-state index in [1.54, 1.807) is 44.3 Å². The van der Waals surface area contributed by atoms with Gasteiger partial charge < -0.3 is 42.6 Å². The number of carbonyl (C=O) groups excluding carboxylic acids is 4. The van der Waals surface area contributed by atoms with Crippen molar-refractivity contribution in [3.05, 3.63) is 36.0 Å². The first-order valence-electron chi connectivity index (χ1n) is 11.7. The van der Waals surface area contributed by atoms with Crippen LogP contribution in [0.25, 0.3) is 10.9 Å². The number of aliphatic carboxylic acids is 2. The van der Waals surface area contributed by atoms with Crippen LogP contribution in [0.2, 0.25) is 0 Å². The fourth-order valence-electron chi connectivity index (χ4n) is 3.63. The standard InChI is InChI=1S/C24H32N6O8/c1-11(2)20(26)23(36)29-15(8-18(25)31)21(34)28-16(9-19(32)33)22(35)30-17(24(37)38)7-12-10-27-14-6-4-3-5-13(12)14/h3-6,10-11,15-17,20,27H,7-9,26H2,1-2H3,(H2,25,31)(H,28,34)(H,29,36)(H,30,35)(H,32,33)(H,37,38). The number of hydrogen-bond donors (Lipinski definition) is 8. The molecule has 38 heavy (non-hydrogen) atoms. The summed E-state index contributed by atoms with van der Waals surface area (Å²) >= 11 is 0. The lowest BCUT2D eigenvalue weighted by molar-refractivity contribution is -0.143. The van der Waals surface area contributed by atoms with E-state index in [1.165, 1.54) is 0 Å². The SMILES string of the molecule is CC(C)C(N)C(=O)NC(CC(N)=O)C(=O)NC(CC(=O)O)C(=O)NC(Cc1c[nH]c2ccccc12)C(=O)O. The molecule has 0 spiro atoms. The van der Waals surface area contributed by atoms with Crippen LogP contribution in [0.3, 0.4) is 0 Å². The number of carboxylic acid groups (broad SMARTS) is 2. The monoisotopic (exact) mass is 532 g/mol. The molecule has 0 bridgehead atoms. The van der Waals surface area contributed by atoms with Gasteiger partial charge in [0.15, 0.2) is 0 Å². The van der Waals surface area contributed by atoms with Crippen LogP contribution in [0.4, 0.5) is 0 Å². The normalized spacial score (nSPS) is 14.2. The van der Waals surface area contributed by atoms with Crippen molar-refractivity contribution in [2.45, 2.75) is 57.3 Å². The van der Waals surface area contributed by atoms with Crippen LogP contribution in [0.5, 0.6) is 0 Å². The average molecular weight is 533 g/mol. The highest BCUT2D eigenvalue weighted by Gasteiger charge is 2.33. The van der Waals surface area contributed by atoms with E-state index in [0.29, 0.717) is 5.56 Å². The third-order valence-electron chi connectivity index (χ3n) is 5.78. The predicted octanol–water partition coefficient (Wildman–Crippen LogP) is -1.42. The summed E-state index contributed by atoms with van der Waals surface area (Å²) in [6.07, 6.45) is -0.0869. The number of nitrogens with two attached hydrogens (primary N) is 2. The summed E-state index contributed by atoms with van der Waals surface area (Å²) in [6.45, 7) is 3.32. The van der Waals surface area contributed by atoms with E-state index in [-0.39, 0.29) is 12.3 Å². The van der Waals surface area contributed by atoms with Gasteiger partial charge in [-0.1, -0.05) is 32.0 Å². The number of carboxylic acids is 2. The van der Waals surface area contributed by atoms with Gasteiger partial charge in [0.25, 0.3) is 0 Å². The zero-order chi connectivity index (χ0) is 28.6. The third kappa shape index (κ3) is 8.30. The minimum Gasteiger partial charge on any atom is -0.481 e. The van der Waals surface area contributed by atoms with Gasteiger partial charge >= 0.3 is 11.9 Å². The van der Waals surface area contributed by atoms with Crippen LogP contribution in [-0.2, 0) is 35.2 Å². The maximum Gasteiger partial charge on any atom is 0.326 e. The Labute approximate surface area is 217 Å². The Hall–Kier alpha value is -4.46. The number of aromatic nitrogens is 1. The molecule has 10 N–H and O–H groups in total. The summed E-state index contributed by atoms with van der Waals surface area (Å²) in [7, 11) is 0. The van der Waals surface area contributed by atoms with Gasteiger partial charge in [-0.3, -0.25) is 24.0 Å². The summed E-state index contributed by atoms with van der Waals surface area (Å²) in [5, 5.41) is 26.4. The maximum absolute atomic E-state index is 12.9. The highest BCUT2D eigenvalue weighted by Crippen LogP contribution is 2.19. The molecule has 14 heteroatoms. The molecule has 1 heterocycles. The lowest BCUT2D eigenvalue weighted by Gasteiger charge is -2.24. The Bertz CT molecular complexity index is 1210. The van der Waals surface area contributed by atoms with Gasteiger partial charge in [0.05, 0.1) is 18.9 Å². The van der Waals surface area contributed by atoms with Crippen LogP contribution >= 0.6 is 0 Å². The van der Waals surface area contributed by atoms with Gasteiger partial charge in [0, 0.05) is 23.5 Å². The molecule has 1 aromatic heterocycles. The van der Waals surface area contributed by atoms with Crippen molar-refractivity contribution in [2.24, 2.45) is 17.4 Å². The molecule has 1 aromatic carbocycles. The first-order valence-corrected chi connectivity index (χ1v) is 11.7. The Kier molecular flexibility index (Phi) is 10.3. The number of amides is 4. The third-order valence-corrected chi connectivity index (χ3v) is 5.78. The second-order valence-corrected chi connectivity index (χ2v) is 9.12. The van der Waals surface area contributed by atoms with Gasteiger partial charge in [-0.15, -0.1) is 0 Å². The number of rotatable bonds is 14. The topological polar surface area (TPSA) is 247 Å². The van der Waals surface area contributed by atoms with Crippen molar-refractivity contribution in [3.8, 4) is 0 Å². The van der Waals surface area contributed by atoms with Crippen LogP contribution in [0.1, 0.15) is 32.3 Å². The molecule has 0 saturated carbocycles. The number of fused-ring (bicyclic) bond motifs is 1. The van der Waals surface area contributed by atoms with Crippen molar-refractivity contribution in [1.82, 2.24) is 20.9 Å². The molecule has 2 aromatic rings. The molecule has 0 aliphatic heterocycles. The molecule has 0 aliphatic carbocycles. The van der Waals surface area contributed by atoms with E-state index in [4.69, 9.17) is 11.5 Å². The van der Waals surface area contributed by atoms with E-state index in [9.17, 15) is 39.0 Å². The van der Waals surface area contributed by atoms with Crippen molar-refractivity contribution in [2.75, 3.05) is 0 Å². The number of para-hydroxylation sites is 1. The minimum absolute atomic E-state index is 0.133. The van der Waals surface area contributed by atoms with Gasteiger partial charge in [-0.25, -0.2) is 4.79 Å². The molecule has 206 valence electrons. The molecule has 0 aliphatic rings. The number of hydrogen-bond acceptors (Lipinski definition) is 7. The van der Waals surface area contributed by atoms with Gasteiger partial charge in [0.2, 0.25) is 23.6 Å². The van der Waals surface area contributed by atoms with E-state index < -0.39 is 72.6 Å². The number of H-pyrrole nitrogens is 1. The fraction of sp³-hybridized carbons (Fsp3) is 0.417. The summed E-state index contributed by atoms with van der Waals surface area (Å²) in [4.78, 5) is 75.9. The van der Waals surface area contributed by atoms with Gasteiger partial charge in [-0.05, 0) is 17.5 Å². The number of nitrogens with one attached hydrogen (secondary N) is 4. The largest absolute Gasteiger partial charge is 0.481 e. The van der Waals surface area contributed by atoms with Gasteiger partial charge in [-0.2, -0.15) is 0 Å². The predicted molar refractivity (Wildman–Crippen MR) is 134 cm³/mol. The van der Waals surface area contributed by atoms with Crippen molar-refractivity contribution in [1.29, 1.82) is 0 Å². The Morgan fingerprint density at radius 2 is 1.42 bits per heavy atom. The minimum atomic E-state index is -1.73. The van der Waals surface area contributed by atoms with E-state index in [2.05, 4.69) is 20.9 Å². The second kappa shape index (κ2) is 13.2. The van der Waals surface area contributed by atoms with Crippen molar-refractivity contribution >= 4 is 46.5 Å².